The van der Waals surface area contributed by atoms with Crippen molar-refractivity contribution in [3.05, 3.63) is 47.8 Å². The molecule has 12 heteroatoms. The lowest BCUT2D eigenvalue weighted by Gasteiger charge is -2.39. The van der Waals surface area contributed by atoms with Crippen LogP contribution < -0.4 is 10.2 Å². The maximum atomic E-state index is 13.6. The first-order valence-corrected chi connectivity index (χ1v) is 12.7. The molecule has 2 aliphatic heterocycles. The number of ether oxygens (including phenoxy) is 1. The molecular weight excluding hydrogens is 484 g/mol. The number of H-pyrrole nitrogens is 1. The monoisotopic (exact) mass is 520 g/mol. The average molecular weight is 521 g/mol. The summed E-state index contributed by atoms with van der Waals surface area (Å²) in [6.07, 6.45) is 3.16. The number of nitrogens with zero attached hydrogens (tertiary/aromatic N) is 6. The quantitative estimate of drug-likeness (QED) is 0.336. The summed E-state index contributed by atoms with van der Waals surface area (Å²) < 4.78 is 5.47. The summed E-state index contributed by atoms with van der Waals surface area (Å²) in [5, 5.41) is 24.7. The van der Waals surface area contributed by atoms with E-state index in [2.05, 4.69) is 30.6 Å². The molecule has 2 aliphatic rings. The summed E-state index contributed by atoms with van der Waals surface area (Å²) in [6.45, 7) is 6.77. The normalized spacial score (nSPS) is 18.3. The number of hydrogen-bond donors (Lipinski definition) is 4. The van der Waals surface area contributed by atoms with E-state index < -0.39 is 6.04 Å². The molecule has 38 heavy (non-hydrogen) atoms. The number of allylic oxidation sites excluding steroid dienone is 1. The topological polar surface area (TPSA) is 150 Å². The summed E-state index contributed by atoms with van der Waals surface area (Å²) in [7, 11) is 1.70. The number of aromatic nitrogens is 3. The van der Waals surface area contributed by atoms with Crippen LogP contribution in [0.2, 0.25) is 0 Å². The minimum Gasteiger partial charge on any atom is -0.378 e. The van der Waals surface area contributed by atoms with E-state index in [1.807, 2.05) is 44.2 Å². The second-order valence-electron chi connectivity index (χ2n) is 9.42. The van der Waals surface area contributed by atoms with E-state index in [0.717, 1.165) is 47.5 Å². The highest BCUT2D eigenvalue weighted by molar-refractivity contribution is 6.08. The van der Waals surface area contributed by atoms with E-state index >= 15 is 0 Å². The summed E-state index contributed by atoms with van der Waals surface area (Å²) in [5.74, 6) is 0.676. The Bertz CT molecular complexity index is 1420. The number of fused-ring (bicyclic) bond motifs is 1. The van der Waals surface area contributed by atoms with Gasteiger partial charge < -0.3 is 19.9 Å². The zero-order valence-electron chi connectivity index (χ0n) is 21.8. The second kappa shape index (κ2) is 10.6. The third-order valence-corrected chi connectivity index (χ3v) is 7.15. The molecule has 4 heterocycles. The maximum absolute atomic E-state index is 13.6. The van der Waals surface area contributed by atoms with Crippen LogP contribution >= 0.6 is 0 Å². The predicted molar refractivity (Wildman–Crippen MR) is 149 cm³/mol. The van der Waals surface area contributed by atoms with Crippen LogP contribution in [0.5, 0.6) is 0 Å². The van der Waals surface area contributed by atoms with Gasteiger partial charge in [-0.05, 0) is 43.7 Å². The number of morpholine rings is 1. The Balaban J connectivity index is 0.00000220. The molecule has 1 fully saturated rings. The molecule has 202 valence electrons. The number of aromatic amines is 1. The van der Waals surface area contributed by atoms with Gasteiger partial charge in [0.1, 0.15) is 11.5 Å². The van der Waals surface area contributed by atoms with Crippen LogP contribution in [0.4, 0.5) is 11.5 Å². The second-order valence-corrected chi connectivity index (χ2v) is 9.42. The van der Waals surface area contributed by atoms with Crippen molar-refractivity contribution < 1.29 is 12.4 Å². The van der Waals surface area contributed by atoms with Crippen LogP contribution in [0.25, 0.3) is 22.2 Å². The van der Waals surface area contributed by atoms with Gasteiger partial charge in [-0.15, -0.1) is 0 Å². The molecule has 0 radical (unpaired) electrons. The Morgan fingerprint density at radius 3 is 2.82 bits per heavy atom. The van der Waals surface area contributed by atoms with Gasteiger partial charge in [0.15, 0.2) is 0 Å². The van der Waals surface area contributed by atoms with E-state index in [-0.39, 0.29) is 14.7 Å². The van der Waals surface area contributed by atoms with Crippen molar-refractivity contribution in [2.45, 2.75) is 32.7 Å². The molecule has 1 aromatic carbocycles. The van der Waals surface area contributed by atoms with Crippen LogP contribution in [0, 0.1) is 10.9 Å². The smallest absolute Gasteiger partial charge is 0.255 e. The molecule has 1 atom stereocenters. The van der Waals surface area contributed by atoms with Gasteiger partial charge in [0, 0.05) is 51.5 Å². The molecular formula is C26H36N10O2. The third kappa shape index (κ3) is 4.58. The molecule has 0 spiro atoms. The number of carbonyl (C=O) groups is 1. The highest BCUT2D eigenvalue weighted by atomic mass is 16.5. The molecule has 0 saturated carbocycles. The fourth-order valence-electron chi connectivity index (χ4n) is 5.02. The first-order chi connectivity index (χ1) is 18.4. The van der Waals surface area contributed by atoms with Gasteiger partial charge in [0.05, 0.1) is 30.3 Å². The van der Waals surface area contributed by atoms with Crippen molar-refractivity contribution >= 4 is 34.3 Å². The van der Waals surface area contributed by atoms with Crippen LogP contribution in [-0.2, 0) is 9.53 Å². The average Bonchev–Trinajstić information content (AvgIpc) is 3.36. The van der Waals surface area contributed by atoms with Gasteiger partial charge in [-0.1, -0.05) is 18.6 Å². The molecule has 0 aliphatic carbocycles. The number of guanidine groups is 1. The van der Waals surface area contributed by atoms with E-state index in [0.29, 0.717) is 36.6 Å². The van der Waals surface area contributed by atoms with Crippen LogP contribution in [0.1, 0.15) is 29.5 Å². The summed E-state index contributed by atoms with van der Waals surface area (Å²) >= 11 is 0. The van der Waals surface area contributed by atoms with Gasteiger partial charge in [0.25, 0.3) is 5.91 Å². The minimum absolute atomic E-state index is 0. The van der Waals surface area contributed by atoms with Gasteiger partial charge >= 0.3 is 0 Å². The van der Waals surface area contributed by atoms with Crippen LogP contribution in [-0.4, -0.2) is 76.3 Å². The SMILES string of the molecule is CCCC1C(C(=O)Nc2ccc3[nH]nc(-c4ccnc(N5CCOCC5)c4)c3c2)=C(C)N(C)C(=N)N1N=N.[HH].[HH]. The number of rotatable bonds is 7. The molecule has 1 unspecified atom stereocenters. The van der Waals surface area contributed by atoms with E-state index in [4.69, 9.17) is 15.7 Å². The van der Waals surface area contributed by atoms with Gasteiger partial charge in [-0.2, -0.15) is 10.6 Å². The number of carbonyl (C=O) groups excluding carboxylic acids is 1. The van der Waals surface area contributed by atoms with Crippen molar-refractivity contribution in [2.24, 2.45) is 5.22 Å². The number of nitrogens with one attached hydrogen (secondary N) is 4. The lowest BCUT2D eigenvalue weighted by molar-refractivity contribution is -0.113. The fourth-order valence-corrected chi connectivity index (χ4v) is 5.02. The summed E-state index contributed by atoms with van der Waals surface area (Å²) in [4.78, 5) is 21.9. The molecule has 12 nitrogen and oxygen atoms in total. The number of hydrogen-bond acceptors (Lipinski definition) is 8. The lowest BCUT2D eigenvalue weighted by Crippen LogP contribution is -2.51. The van der Waals surface area contributed by atoms with Crippen molar-refractivity contribution in [1.29, 1.82) is 10.9 Å². The molecule has 3 aromatic rings. The zero-order chi connectivity index (χ0) is 26.8. The Kier molecular flexibility index (Phi) is 7.05. The fraction of sp³-hybridized carbons (Fsp3) is 0.385. The minimum atomic E-state index is -0.482. The predicted octanol–water partition coefficient (Wildman–Crippen LogP) is 4.46. The van der Waals surface area contributed by atoms with Crippen LogP contribution in [0.3, 0.4) is 0 Å². The van der Waals surface area contributed by atoms with E-state index in [1.165, 1.54) is 5.01 Å². The first kappa shape index (κ1) is 25.3. The molecule has 0 bridgehead atoms. The zero-order valence-corrected chi connectivity index (χ0v) is 21.8. The molecule has 1 amide bonds. The van der Waals surface area contributed by atoms with E-state index in [1.54, 1.807) is 18.1 Å². The number of pyridine rings is 1. The van der Waals surface area contributed by atoms with Gasteiger partial charge in [-0.3, -0.25) is 15.3 Å². The highest BCUT2D eigenvalue weighted by Gasteiger charge is 2.37. The van der Waals surface area contributed by atoms with Crippen LogP contribution in [0.15, 0.2) is 53.0 Å². The van der Waals surface area contributed by atoms with E-state index in [9.17, 15) is 4.79 Å². The Morgan fingerprint density at radius 1 is 1.29 bits per heavy atom. The molecule has 5 rings (SSSR count). The van der Waals surface area contributed by atoms with Crippen molar-refractivity contribution in [3.8, 4) is 11.3 Å². The van der Waals surface area contributed by atoms with Crippen molar-refractivity contribution in [3.63, 3.8) is 0 Å². The number of anilines is 2. The largest absolute Gasteiger partial charge is 0.378 e. The van der Waals surface area contributed by atoms with Crippen molar-refractivity contribution in [2.75, 3.05) is 43.6 Å². The number of benzene rings is 1. The molecule has 1 saturated heterocycles. The van der Waals surface area contributed by atoms with Gasteiger partial charge in [0.2, 0.25) is 5.96 Å². The Labute approximate surface area is 223 Å². The van der Waals surface area contributed by atoms with Gasteiger partial charge in [-0.25, -0.2) is 9.99 Å². The third-order valence-electron chi connectivity index (χ3n) is 7.15. The standard InChI is InChI=1S/C26H32N10O2.2H2/c1-4-5-21-23(16(2)34(3)26(27)36(21)33-28)25(37)30-18-6-7-20-19(15-18)24(32-31-20)17-8-9-29-22(14-17)35-10-12-38-13-11-35;;/h6-9,14-15,21,27-28H,4-5,10-13H2,1-3H3,(H,30,37)(H,31,32);2*1H. The molecule has 2 aromatic heterocycles. The number of amides is 1. The Morgan fingerprint density at radius 2 is 2.08 bits per heavy atom. The molecule has 4 N–H and O–H groups in total. The maximum Gasteiger partial charge on any atom is 0.255 e. The highest BCUT2D eigenvalue weighted by Crippen LogP contribution is 2.32. The summed E-state index contributed by atoms with van der Waals surface area (Å²) in [5.41, 5.74) is 12.0. The first-order valence-electron chi connectivity index (χ1n) is 12.7. The van der Waals surface area contributed by atoms with Crippen molar-refractivity contribution in [1.82, 2.24) is 25.1 Å². The summed E-state index contributed by atoms with van der Waals surface area (Å²) in [6, 6.07) is 9.11. The Hall–Kier alpha value is -4.32. The lowest BCUT2D eigenvalue weighted by atomic mass is 9.96.